The number of hydrogen-bond acceptors (Lipinski definition) is 3. The Labute approximate surface area is 204 Å². The van der Waals surface area contributed by atoms with E-state index in [1.807, 2.05) is 36.1 Å². The van der Waals surface area contributed by atoms with Crippen molar-refractivity contribution >= 4 is 41.8 Å². The molecule has 0 aromatic heterocycles. The lowest BCUT2D eigenvalue weighted by Gasteiger charge is -2.26. The minimum Gasteiger partial charge on any atom is -0.357 e. The molecule has 1 saturated heterocycles. The SMILES string of the molecule is CCNC(=NCCC(CC)N1CCCC1=O)NCCc1cccc(C(=O)N(C)C)c1.I. The maximum Gasteiger partial charge on any atom is 0.253 e. The molecule has 1 unspecified atom stereocenters. The van der Waals surface area contributed by atoms with Gasteiger partial charge in [-0.2, -0.15) is 0 Å². The molecule has 1 heterocycles. The van der Waals surface area contributed by atoms with Gasteiger partial charge in [0.2, 0.25) is 5.91 Å². The molecule has 0 radical (unpaired) electrons. The minimum absolute atomic E-state index is 0. The van der Waals surface area contributed by atoms with E-state index in [1.165, 1.54) is 0 Å². The van der Waals surface area contributed by atoms with Crippen LogP contribution in [0.25, 0.3) is 0 Å². The van der Waals surface area contributed by atoms with E-state index < -0.39 is 0 Å². The van der Waals surface area contributed by atoms with Gasteiger partial charge in [-0.25, -0.2) is 0 Å². The molecule has 1 aromatic carbocycles. The molecule has 8 heteroatoms. The van der Waals surface area contributed by atoms with Gasteiger partial charge in [-0.05, 0) is 50.3 Å². The fourth-order valence-corrected chi connectivity index (χ4v) is 3.75. The first-order valence-electron chi connectivity index (χ1n) is 11.1. The molecule has 0 bridgehead atoms. The van der Waals surface area contributed by atoms with E-state index in [-0.39, 0.29) is 41.8 Å². The maximum absolute atomic E-state index is 12.1. The Balaban J connectivity index is 0.00000480. The lowest BCUT2D eigenvalue weighted by atomic mass is 10.1. The van der Waals surface area contributed by atoms with Crippen LogP contribution in [-0.2, 0) is 11.2 Å². The van der Waals surface area contributed by atoms with E-state index >= 15 is 0 Å². The molecule has 1 aromatic rings. The minimum atomic E-state index is 0. The number of amides is 2. The Hall–Kier alpha value is -1.84. The van der Waals surface area contributed by atoms with Crippen LogP contribution in [0.1, 0.15) is 55.5 Å². The summed E-state index contributed by atoms with van der Waals surface area (Å²) in [5, 5.41) is 6.65. The number of rotatable bonds is 10. The third-order valence-electron chi connectivity index (χ3n) is 5.38. The molecule has 0 saturated carbocycles. The van der Waals surface area contributed by atoms with Crippen molar-refractivity contribution in [3.8, 4) is 0 Å². The maximum atomic E-state index is 12.1. The summed E-state index contributed by atoms with van der Waals surface area (Å²) in [6.45, 7) is 7.27. The quantitative estimate of drug-likeness (QED) is 0.271. The van der Waals surface area contributed by atoms with E-state index in [0.29, 0.717) is 18.5 Å². The molecule has 174 valence electrons. The van der Waals surface area contributed by atoms with Crippen molar-refractivity contribution in [1.82, 2.24) is 20.4 Å². The van der Waals surface area contributed by atoms with Gasteiger partial charge >= 0.3 is 0 Å². The second-order valence-electron chi connectivity index (χ2n) is 7.88. The highest BCUT2D eigenvalue weighted by molar-refractivity contribution is 14.0. The Morgan fingerprint density at radius 3 is 2.65 bits per heavy atom. The van der Waals surface area contributed by atoms with Crippen LogP contribution in [0.4, 0.5) is 0 Å². The molecule has 1 fully saturated rings. The van der Waals surface area contributed by atoms with Crippen LogP contribution in [0, 0.1) is 0 Å². The number of hydrogen-bond donors (Lipinski definition) is 2. The Morgan fingerprint density at radius 1 is 1.26 bits per heavy atom. The first kappa shape index (κ1) is 27.2. The summed E-state index contributed by atoms with van der Waals surface area (Å²) in [7, 11) is 3.52. The number of nitrogens with zero attached hydrogens (tertiary/aromatic N) is 3. The molecule has 1 aliphatic rings. The summed E-state index contributed by atoms with van der Waals surface area (Å²) < 4.78 is 0. The fourth-order valence-electron chi connectivity index (χ4n) is 3.75. The van der Waals surface area contributed by atoms with E-state index in [4.69, 9.17) is 4.99 Å². The highest BCUT2D eigenvalue weighted by Gasteiger charge is 2.26. The number of benzene rings is 1. The van der Waals surface area contributed by atoms with Gasteiger partial charge in [0, 0.05) is 58.3 Å². The van der Waals surface area contributed by atoms with Gasteiger partial charge in [-0.3, -0.25) is 14.6 Å². The topological polar surface area (TPSA) is 77.0 Å². The molecule has 1 aliphatic heterocycles. The van der Waals surface area contributed by atoms with E-state index in [9.17, 15) is 9.59 Å². The Morgan fingerprint density at radius 2 is 2.03 bits per heavy atom. The largest absolute Gasteiger partial charge is 0.357 e. The van der Waals surface area contributed by atoms with Crippen molar-refractivity contribution in [2.45, 2.75) is 52.0 Å². The van der Waals surface area contributed by atoms with Gasteiger partial charge in [-0.1, -0.05) is 19.1 Å². The third-order valence-corrected chi connectivity index (χ3v) is 5.38. The molecule has 7 nitrogen and oxygen atoms in total. The normalized spacial score (nSPS) is 14.8. The average Bonchev–Trinajstić information content (AvgIpc) is 3.16. The smallest absolute Gasteiger partial charge is 0.253 e. The van der Waals surface area contributed by atoms with E-state index in [2.05, 4.69) is 17.6 Å². The van der Waals surface area contributed by atoms with Crippen molar-refractivity contribution in [2.75, 3.05) is 40.3 Å². The number of halogens is 1. The predicted molar refractivity (Wildman–Crippen MR) is 137 cm³/mol. The lowest BCUT2D eigenvalue weighted by Crippen LogP contribution is -2.39. The van der Waals surface area contributed by atoms with Crippen LogP contribution < -0.4 is 10.6 Å². The number of aliphatic imine (C=N–C) groups is 1. The highest BCUT2D eigenvalue weighted by atomic mass is 127. The van der Waals surface area contributed by atoms with E-state index in [0.717, 1.165) is 56.8 Å². The molecule has 0 spiro atoms. The van der Waals surface area contributed by atoms with Crippen LogP contribution in [0.15, 0.2) is 29.3 Å². The van der Waals surface area contributed by atoms with Gasteiger partial charge < -0.3 is 20.4 Å². The number of carbonyl (C=O) groups is 2. The standard InChI is InChI=1S/C23H37N5O2.HI/c1-5-20(28-16-8-11-21(28)29)13-15-26-23(24-6-2)25-14-12-18-9-7-10-19(17-18)22(30)27(3)4;/h7,9-10,17,20H,5-6,8,11-16H2,1-4H3,(H2,24,25,26);1H. The summed E-state index contributed by atoms with van der Waals surface area (Å²) in [5.41, 5.74) is 1.82. The summed E-state index contributed by atoms with van der Waals surface area (Å²) in [4.78, 5) is 32.4. The number of nitrogens with one attached hydrogen (secondary N) is 2. The number of likely N-dealkylation sites (tertiary alicyclic amines) is 1. The molecule has 0 aliphatic carbocycles. The second-order valence-corrected chi connectivity index (χ2v) is 7.88. The Bertz CT molecular complexity index is 738. The van der Waals surface area contributed by atoms with Crippen LogP contribution in [-0.4, -0.2) is 73.9 Å². The summed E-state index contributed by atoms with van der Waals surface area (Å²) in [6.07, 6.45) is 4.31. The zero-order chi connectivity index (χ0) is 21.9. The Kier molecular flexibility index (Phi) is 12.5. The average molecular weight is 543 g/mol. The zero-order valence-corrected chi connectivity index (χ0v) is 21.6. The molecule has 2 amide bonds. The zero-order valence-electron chi connectivity index (χ0n) is 19.3. The molecular weight excluding hydrogens is 505 g/mol. The van der Waals surface area contributed by atoms with E-state index in [1.54, 1.807) is 19.0 Å². The fraction of sp³-hybridized carbons (Fsp3) is 0.609. The first-order valence-corrected chi connectivity index (χ1v) is 11.1. The van der Waals surface area contributed by atoms with Gasteiger partial charge in [0.25, 0.3) is 5.91 Å². The van der Waals surface area contributed by atoms with Gasteiger partial charge in [0.1, 0.15) is 0 Å². The highest BCUT2D eigenvalue weighted by Crippen LogP contribution is 2.18. The molecular formula is C23H38IN5O2. The van der Waals surface area contributed by atoms with Crippen LogP contribution in [0.5, 0.6) is 0 Å². The van der Waals surface area contributed by atoms with Gasteiger partial charge in [0.05, 0.1) is 0 Å². The van der Waals surface area contributed by atoms with Crippen LogP contribution >= 0.6 is 24.0 Å². The summed E-state index contributed by atoms with van der Waals surface area (Å²) in [6, 6.07) is 8.05. The lowest BCUT2D eigenvalue weighted by molar-refractivity contribution is -0.129. The van der Waals surface area contributed by atoms with Crippen molar-refractivity contribution < 1.29 is 9.59 Å². The van der Waals surface area contributed by atoms with Crippen LogP contribution in [0.2, 0.25) is 0 Å². The first-order chi connectivity index (χ1) is 14.5. The van der Waals surface area contributed by atoms with Gasteiger partial charge in [0.15, 0.2) is 5.96 Å². The van der Waals surface area contributed by atoms with Crippen molar-refractivity contribution in [3.63, 3.8) is 0 Å². The second kappa shape index (κ2) is 14.3. The number of carbonyl (C=O) groups excluding carboxylic acids is 2. The molecule has 2 rings (SSSR count). The number of guanidine groups is 1. The van der Waals surface area contributed by atoms with Crippen molar-refractivity contribution in [3.05, 3.63) is 35.4 Å². The van der Waals surface area contributed by atoms with Crippen molar-refractivity contribution in [1.29, 1.82) is 0 Å². The molecule has 1 atom stereocenters. The monoisotopic (exact) mass is 543 g/mol. The summed E-state index contributed by atoms with van der Waals surface area (Å²) in [5.74, 6) is 1.09. The third kappa shape index (κ3) is 8.66. The molecule has 2 N–H and O–H groups in total. The predicted octanol–water partition coefficient (Wildman–Crippen LogP) is 2.90. The van der Waals surface area contributed by atoms with Crippen LogP contribution in [0.3, 0.4) is 0 Å². The van der Waals surface area contributed by atoms with Crippen molar-refractivity contribution in [2.24, 2.45) is 4.99 Å². The van der Waals surface area contributed by atoms with Gasteiger partial charge in [-0.15, -0.1) is 24.0 Å². The molecule has 31 heavy (non-hydrogen) atoms. The summed E-state index contributed by atoms with van der Waals surface area (Å²) >= 11 is 0.